The molecule has 2 unspecified atom stereocenters. The quantitative estimate of drug-likeness (QED) is 0.880. The van der Waals surface area contributed by atoms with Crippen LogP contribution in [0.15, 0.2) is 42.5 Å². The van der Waals surface area contributed by atoms with Crippen LogP contribution in [0.5, 0.6) is 0 Å². The van der Waals surface area contributed by atoms with Gasteiger partial charge in [0.05, 0.1) is 5.41 Å². The van der Waals surface area contributed by atoms with E-state index in [0.717, 1.165) is 43.5 Å². The molecule has 1 spiro atoms. The second-order valence-electron chi connectivity index (χ2n) is 7.11. The number of halogens is 2. The Hall–Kier alpha value is -1.91. The van der Waals surface area contributed by atoms with Crippen molar-refractivity contribution in [1.82, 2.24) is 10.6 Å². The van der Waals surface area contributed by atoms with E-state index >= 15 is 0 Å². The highest BCUT2D eigenvalue weighted by Crippen LogP contribution is 2.37. The zero-order valence-corrected chi connectivity index (χ0v) is 14.6. The average molecular weight is 359 g/mol. The van der Waals surface area contributed by atoms with Gasteiger partial charge >= 0.3 is 0 Å². The number of benzene rings is 2. The Morgan fingerprint density at radius 3 is 2.72 bits per heavy atom. The van der Waals surface area contributed by atoms with Gasteiger partial charge in [0.2, 0.25) is 5.91 Å². The molecule has 2 heterocycles. The van der Waals surface area contributed by atoms with E-state index in [0.29, 0.717) is 10.6 Å². The van der Waals surface area contributed by atoms with Crippen LogP contribution in [0.25, 0.3) is 11.1 Å². The van der Waals surface area contributed by atoms with Crippen LogP contribution in [0.4, 0.5) is 4.39 Å². The lowest BCUT2D eigenvalue weighted by molar-refractivity contribution is -0.126. The molecule has 130 valence electrons. The van der Waals surface area contributed by atoms with Crippen LogP contribution in [0, 0.1) is 11.2 Å². The van der Waals surface area contributed by atoms with Gasteiger partial charge in [0, 0.05) is 23.2 Å². The second kappa shape index (κ2) is 6.43. The van der Waals surface area contributed by atoms with Gasteiger partial charge in [0.15, 0.2) is 0 Å². The Bertz CT molecular complexity index is 800. The third-order valence-corrected chi connectivity index (χ3v) is 5.61. The van der Waals surface area contributed by atoms with E-state index < -0.39 is 0 Å². The molecule has 0 saturated carbocycles. The number of carbonyl (C=O) groups is 1. The van der Waals surface area contributed by atoms with Crippen molar-refractivity contribution in [1.29, 1.82) is 0 Å². The van der Waals surface area contributed by atoms with Crippen molar-refractivity contribution in [3.05, 3.63) is 58.9 Å². The molecule has 2 saturated heterocycles. The van der Waals surface area contributed by atoms with Crippen molar-refractivity contribution in [2.45, 2.75) is 25.3 Å². The number of rotatable bonds is 3. The molecule has 1 amide bonds. The molecule has 2 aromatic rings. The van der Waals surface area contributed by atoms with E-state index in [9.17, 15) is 9.18 Å². The first-order valence-corrected chi connectivity index (χ1v) is 9.00. The predicted molar refractivity (Wildman–Crippen MR) is 97.0 cm³/mol. The molecule has 2 aliphatic rings. The predicted octanol–water partition coefficient (Wildman–Crippen LogP) is 3.56. The summed E-state index contributed by atoms with van der Waals surface area (Å²) >= 11 is 5.97. The van der Waals surface area contributed by atoms with Gasteiger partial charge in [-0.2, -0.15) is 0 Å². The van der Waals surface area contributed by atoms with Crippen molar-refractivity contribution >= 4 is 17.5 Å². The Balaban J connectivity index is 1.48. The minimum Gasteiger partial charge on any atom is -0.352 e. The van der Waals surface area contributed by atoms with Gasteiger partial charge in [-0.25, -0.2) is 4.39 Å². The summed E-state index contributed by atoms with van der Waals surface area (Å²) in [5, 5.41) is 6.96. The number of carbonyl (C=O) groups excluding carboxylic acids is 1. The van der Waals surface area contributed by atoms with Gasteiger partial charge in [0.1, 0.15) is 5.82 Å². The Kier molecular flexibility index (Phi) is 4.26. The largest absolute Gasteiger partial charge is 0.352 e. The summed E-state index contributed by atoms with van der Waals surface area (Å²) < 4.78 is 14.0. The van der Waals surface area contributed by atoms with Crippen molar-refractivity contribution < 1.29 is 9.18 Å². The summed E-state index contributed by atoms with van der Waals surface area (Å²) in [7, 11) is 0. The van der Waals surface area contributed by atoms with Crippen molar-refractivity contribution in [2.24, 2.45) is 5.41 Å². The maximum Gasteiger partial charge on any atom is 0.227 e. The fourth-order valence-corrected chi connectivity index (χ4v) is 4.18. The van der Waals surface area contributed by atoms with Crippen LogP contribution in [-0.4, -0.2) is 25.0 Å². The van der Waals surface area contributed by atoms with E-state index in [1.165, 1.54) is 6.07 Å². The lowest BCUT2D eigenvalue weighted by Gasteiger charge is -2.17. The molecule has 2 aromatic carbocycles. The Morgan fingerprint density at radius 1 is 1.20 bits per heavy atom. The molecule has 2 N–H and O–H groups in total. The monoisotopic (exact) mass is 358 g/mol. The summed E-state index contributed by atoms with van der Waals surface area (Å²) in [6.45, 7) is 1.70. The molecule has 2 aliphatic heterocycles. The zero-order chi connectivity index (χ0) is 17.4. The maximum atomic E-state index is 14.0. The van der Waals surface area contributed by atoms with Crippen molar-refractivity contribution in [2.75, 3.05) is 13.1 Å². The van der Waals surface area contributed by atoms with Crippen molar-refractivity contribution in [3.8, 4) is 11.1 Å². The standard InChI is InChI=1S/C20H20ClFN2O/c21-15-5-6-18(22)17(10-15)14-3-1-13(2-4-14)9-16-11-20(19(25)24-16)7-8-23-12-20/h1-6,10,16,23H,7-9,11-12H2,(H,24,25). The van der Waals surface area contributed by atoms with Crippen LogP contribution in [0.3, 0.4) is 0 Å². The van der Waals surface area contributed by atoms with E-state index in [-0.39, 0.29) is 23.2 Å². The average Bonchev–Trinajstić information content (AvgIpc) is 3.19. The summed E-state index contributed by atoms with van der Waals surface area (Å²) in [5.74, 6) is -0.101. The van der Waals surface area contributed by atoms with Crippen LogP contribution in [0.2, 0.25) is 5.02 Å². The van der Waals surface area contributed by atoms with Gasteiger partial charge in [-0.15, -0.1) is 0 Å². The molecule has 0 aliphatic carbocycles. The molecular weight excluding hydrogens is 339 g/mol. The summed E-state index contributed by atoms with van der Waals surface area (Å²) in [6.07, 6.45) is 2.59. The highest BCUT2D eigenvalue weighted by atomic mass is 35.5. The minimum absolute atomic E-state index is 0.168. The number of hydrogen-bond donors (Lipinski definition) is 2. The lowest BCUT2D eigenvalue weighted by Crippen LogP contribution is -2.33. The third-order valence-electron chi connectivity index (χ3n) is 5.37. The Labute approximate surface area is 151 Å². The minimum atomic E-state index is -0.282. The van der Waals surface area contributed by atoms with Crippen molar-refractivity contribution in [3.63, 3.8) is 0 Å². The highest BCUT2D eigenvalue weighted by molar-refractivity contribution is 6.30. The van der Waals surface area contributed by atoms with E-state index in [1.54, 1.807) is 12.1 Å². The first-order valence-electron chi connectivity index (χ1n) is 8.62. The molecule has 0 aromatic heterocycles. The third kappa shape index (κ3) is 3.16. The maximum absolute atomic E-state index is 14.0. The van der Waals surface area contributed by atoms with Crippen LogP contribution < -0.4 is 10.6 Å². The molecule has 25 heavy (non-hydrogen) atoms. The van der Waals surface area contributed by atoms with Gasteiger partial charge in [-0.05, 0) is 55.1 Å². The first-order chi connectivity index (χ1) is 12.1. The van der Waals surface area contributed by atoms with Crippen LogP contribution in [-0.2, 0) is 11.2 Å². The molecule has 4 rings (SSSR count). The highest BCUT2D eigenvalue weighted by Gasteiger charge is 2.48. The number of nitrogens with one attached hydrogen (secondary N) is 2. The first kappa shape index (κ1) is 16.6. The SMILES string of the molecule is O=C1NC(Cc2ccc(-c3cc(Cl)ccc3F)cc2)CC12CCNC2. The smallest absolute Gasteiger partial charge is 0.227 e. The molecule has 3 nitrogen and oxygen atoms in total. The van der Waals surface area contributed by atoms with Gasteiger partial charge < -0.3 is 10.6 Å². The summed E-state index contributed by atoms with van der Waals surface area (Å²) in [4.78, 5) is 12.3. The topological polar surface area (TPSA) is 41.1 Å². The van der Waals surface area contributed by atoms with Gasteiger partial charge in [0.25, 0.3) is 0 Å². The lowest BCUT2D eigenvalue weighted by atomic mass is 9.83. The van der Waals surface area contributed by atoms with Crippen LogP contribution >= 0.6 is 11.6 Å². The molecule has 2 fully saturated rings. The van der Waals surface area contributed by atoms with Gasteiger partial charge in [-0.1, -0.05) is 35.9 Å². The zero-order valence-electron chi connectivity index (χ0n) is 13.8. The molecular formula is C20H20ClFN2O. The summed E-state index contributed by atoms with van der Waals surface area (Å²) in [5.41, 5.74) is 2.23. The summed E-state index contributed by atoms with van der Waals surface area (Å²) in [6, 6.07) is 12.6. The van der Waals surface area contributed by atoms with E-state index in [4.69, 9.17) is 11.6 Å². The molecule has 5 heteroatoms. The molecule has 0 radical (unpaired) electrons. The normalized spacial score (nSPS) is 25.5. The number of amides is 1. The van der Waals surface area contributed by atoms with Crippen LogP contribution in [0.1, 0.15) is 18.4 Å². The van der Waals surface area contributed by atoms with E-state index in [1.807, 2.05) is 24.3 Å². The fourth-order valence-electron chi connectivity index (χ4n) is 4.01. The Morgan fingerprint density at radius 2 is 2.00 bits per heavy atom. The fraction of sp³-hybridized carbons (Fsp3) is 0.350. The second-order valence-corrected chi connectivity index (χ2v) is 7.54. The number of hydrogen-bond acceptors (Lipinski definition) is 2. The molecule has 0 bridgehead atoms. The van der Waals surface area contributed by atoms with Gasteiger partial charge in [-0.3, -0.25) is 4.79 Å². The molecule has 2 atom stereocenters. The van der Waals surface area contributed by atoms with E-state index in [2.05, 4.69) is 10.6 Å².